The van der Waals surface area contributed by atoms with Crippen LogP contribution in [0, 0.1) is 0 Å². The van der Waals surface area contributed by atoms with Crippen LogP contribution in [0.5, 0.6) is 0 Å². The second-order valence-corrected chi connectivity index (χ2v) is 9.96. The zero-order valence-corrected chi connectivity index (χ0v) is 13.9. The van der Waals surface area contributed by atoms with Crippen molar-refractivity contribution in [1.29, 1.82) is 0 Å². The fourth-order valence-electron chi connectivity index (χ4n) is 1.91. The molecule has 2 aromatic heterocycles. The van der Waals surface area contributed by atoms with Crippen LogP contribution in [0.1, 0.15) is 10.5 Å². The molecule has 3 rings (SSSR count). The maximum absolute atomic E-state index is 11.5. The van der Waals surface area contributed by atoms with Crippen molar-refractivity contribution in [3.05, 3.63) is 78.8 Å². The zero-order chi connectivity index (χ0) is 15.4. The van der Waals surface area contributed by atoms with Gasteiger partial charge in [-0.2, -0.15) is 0 Å². The molecule has 5 heteroatoms. The van der Waals surface area contributed by atoms with Crippen molar-refractivity contribution in [2.24, 2.45) is 0 Å². The Hall–Kier alpha value is -2.36. The molecule has 0 atom stereocenters. The van der Waals surface area contributed by atoms with Crippen LogP contribution in [0.3, 0.4) is 0 Å². The van der Waals surface area contributed by atoms with Crippen LogP contribution in [-0.4, -0.2) is 21.0 Å². The second kappa shape index (κ2) is 6.60. The Labute approximate surface area is 133 Å². The molecule has 0 aliphatic rings. The van der Waals surface area contributed by atoms with E-state index in [-0.39, 0.29) is 5.69 Å². The zero-order valence-electron chi connectivity index (χ0n) is 11.5. The topological polar surface area (TPSA) is 63.1 Å². The molecule has 0 aliphatic heterocycles. The van der Waals surface area contributed by atoms with Crippen molar-refractivity contribution in [2.45, 2.75) is 0 Å². The molecule has 0 bridgehead atoms. The Bertz CT molecular complexity index is 739. The third kappa shape index (κ3) is 2.96. The number of hydrogen-bond acceptors (Lipinski definition) is 3. The van der Waals surface area contributed by atoms with E-state index in [9.17, 15) is 9.90 Å². The first-order valence-electron chi connectivity index (χ1n) is 6.55. The minimum atomic E-state index is -2.30. The van der Waals surface area contributed by atoms with E-state index < -0.39 is 22.5 Å². The average molecular weight is 470 g/mol. The predicted octanol–water partition coefficient (Wildman–Crippen LogP) is 1.07. The number of carboxylic acids is 1. The van der Waals surface area contributed by atoms with Crippen LogP contribution in [0.4, 0.5) is 0 Å². The molecule has 1 aromatic carbocycles. The van der Waals surface area contributed by atoms with Crippen molar-refractivity contribution >= 4 is 18.3 Å². The summed E-state index contributed by atoms with van der Waals surface area (Å²) >= 11 is -2.30. The fourth-order valence-corrected chi connectivity index (χ4v) is 8.01. The molecule has 0 unspecified atom stereocenters. The van der Waals surface area contributed by atoms with E-state index in [1.54, 1.807) is 12.3 Å². The third-order valence-corrected chi connectivity index (χ3v) is 9.19. The van der Waals surface area contributed by atoms with Crippen LogP contribution in [0.2, 0.25) is 0 Å². The number of carbonyl (C=O) groups is 1. The third-order valence-electron chi connectivity index (χ3n) is 2.82. The molecule has 0 fully saturated rings. The van der Waals surface area contributed by atoms with Gasteiger partial charge in [0.1, 0.15) is 0 Å². The first-order chi connectivity index (χ1) is 10.8. The van der Waals surface area contributed by atoms with Gasteiger partial charge in [0.25, 0.3) is 0 Å². The first-order valence-corrected chi connectivity index (χ1v) is 10.1. The number of benzene rings is 1. The summed E-state index contributed by atoms with van der Waals surface area (Å²) in [6, 6.07) is 19.4. The Morgan fingerprint density at radius 1 is 0.864 bits per heavy atom. The van der Waals surface area contributed by atoms with Crippen LogP contribution < -0.4 is 12.4 Å². The van der Waals surface area contributed by atoms with Crippen molar-refractivity contribution in [3.63, 3.8) is 0 Å². The molecule has 1 N–H and O–H groups in total. The average Bonchev–Trinajstić information content (AvgIpc) is 2.57. The number of aromatic nitrogens is 2. The quantitative estimate of drug-likeness (QED) is 0.621. The normalized spacial score (nSPS) is 11.0. The van der Waals surface area contributed by atoms with Crippen molar-refractivity contribution in [1.82, 2.24) is 9.97 Å². The van der Waals surface area contributed by atoms with E-state index in [0.717, 1.165) is 12.4 Å². The molecule has 2 heterocycles. The molecule has 0 radical (unpaired) electrons. The Morgan fingerprint density at radius 3 is 2.27 bits per heavy atom. The number of carboxylic acid groups (broad SMARTS) is 1. The summed E-state index contributed by atoms with van der Waals surface area (Å²) in [5.74, 6) is -0.993. The van der Waals surface area contributed by atoms with E-state index >= 15 is 0 Å². The second-order valence-electron chi connectivity index (χ2n) is 4.26. The molecule has 112 valence electrons. The van der Waals surface area contributed by atoms with Crippen molar-refractivity contribution < 1.29 is 26.4 Å². The maximum atomic E-state index is 11.5. The molecule has 0 aliphatic carbocycles. The first kappa shape index (κ1) is 14.6. The van der Waals surface area contributed by atoms with Gasteiger partial charge >= 0.3 is 133 Å². The molecule has 0 saturated heterocycles. The molecule has 0 amide bonds. The summed E-state index contributed by atoms with van der Waals surface area (Å²) in [6.45, 7) is 0. The van der Waals surface area contributed by atoms with Crippen LogP contribution >= 0.6 is 0 Å². The van der Waals surface area contributed by atoms with Crippen molar-refractivity contribution in [3.8, 4) is 0 Å². The van der Waals surface area contributed by atoms with Crippen LogP contribution in [-0.2, 0) is 16.5 Å². The van der Waals surface area contributed by atoms with Crippen molar-refractivity contribution in [2.75, 3.05) is 0 Å². The van der Waals surface area contributed by atoms with Gasteiger partial charge in [0, 0.05) is 0 Å². The summed E-state index contributed by atoms with van der Waals surface area (Å²) in [6.07, 6.45) is 3.27. The molecule has 3 aromatic rings. The Kier molecular flexibility index (Phi) is 4.37. The Balaban J connectivity index is 2.21. The van der Waals surface area contributed by atoms with Gasteiger partial charge in [-0.25, -0.2) is 0 Å². The predicted molar refractivity (Wildman–Crippen MR) is 80.8 cm³/mol. The molecule has 0 spiro atoms. The molecular formula is C17H13IrN2O2. The van der Waals surface area contributed by atoms with E-state index in [4.69, 9.17) is 0 Å². The molecule has 4 nitrogen and oxygen atoms in total. The van der Waals surface area contributed by atoms with Crippen LogP contribution in [0.15, 0.2) is 73.1 Å². The summed E-state index contributed by atoms with van der Waals surface area (Å²) in [7, 11) is 0. The number of hydrogen-bond donors (Lipinski definition) is 1. The van der Waals surface area contributed by atoms with Gasteiger partial charge < -0.3 is 0 Å². The van der Waals surface area contributed by atoms with Gasteiger partial charge in [0.15, 0.2) is 0 Å². The summed E-state index contributed by atoms with van der Waals surface area (Å²) in [5, 5.41) is 9.45. The monoisotopic (exact) mass is 470 g/mol. The van der Waals surface area contributed by atoms with Gasteiger partial charge in [-0.1, -0.05) is 0 Å². The van der Waals surface area contributed by atoms with Gasteiger partial charge in [-0.3, -0.25) is 0 Å². The molecular weight excluding hydrogens is 456 g/mol. The summed E-state index contributed by atoms with van der Waals surface area (Å²) in [5.41, 5.74) is 0.131. The van der Waals surface area contributed by atoms with E-state index in [1.165, 1.54) is 6.20 Å². The number of nitrogens with zero attached hydrogens (tertiary/aromatic N) is 2. The molecule has 22 heavy (non-hydrogen) atoms. The van der Waals surface area contributed by atoms with Gasteiger partial charge in [0.2, 0.25) is 0 Å². The SMILES string of the molecule is O=C(O)c1nccc[c]1[Ir]([c]1ccccc1)[c]1ccccn1. The Morgan fingerprint density at radius 2 is 1.59 bits per heavy atom. The standard InChI is InChI=1S/C6H4NO2.C6H5.C5H4N.Ir/c8-6(9)5-3-1-2-4-7-5;2*1-2-4-6-5-3-1;/h1-2,4H,(H,8,9);1-5H;1-4H;. The van der Waals surface area contributed by atoms with E-state index in [1.807, 2.05) is 54.6 Å². The van der Waals surface area contributed by atoms with E-state index in [0.29, 0.717) is 0 Å². The summed E-state index contributed by atoms with van der Waals surface area (Å²) < 4.78 is 2.92. The van der Waals surface area contributed by atoms with E-state index in [2.05, 4.69) is 9.97 Å². The number of rotatable bonds is 4. The van der Waals surface area contributed by atoms with Gasteiger partial charge in [0.05, 0.1) is 0 Å². The minimum absolute atomic E-state index is 0.131. The summed E-state index contributed by atoms with van der Waals surface area (Å²) in [4.78, 5) is 20.1. The molecule has 0 saturated carbocycles. The number of aromatic carboxylic acids is 1. The van der Waals surface area contributed by atoms with Gasteiger partial charge in [-0.05, 0) is 0 Å². The number of pyridine rings is 2. The van der Waals surface area contributed by atoms with Gasteiger partial charge in [-0.15, -0.1) is 0 Å². The van der Waals surface area contributed by atoms with Crippen LogP contribution in [0.25, 0.3) is 0 Å². The fraction of sp³-hybridized carbons (Fsp3) is 0.